The Morgan fingerprint density at radius 3 is 2.55 bits per heavy atom. The molecule has 0 atom stereocenters. The number of carbonyl (C=O) groups is 1. The fourth-order valence-electron chi connectivity index (χ4n) is 3.65. The molecular formula is C25H33N4O2+. The second-order valence-corrected chi connectivity index (χ2v) is 8.47. The van der Waals surface area contributed by atoms with Crippen molar-refractivity contribution in [3.63, 3.8) is 0 Å². The number of aromatic amines is 1. The Kier molecular flexibility index (Phi) is 7.47. The molecule has 0 aliphatic rings. The van der Waals surface area contributed by atoms with E-state index in [0.717, 1.165) is 40.6 Å². The molecule has 0 saturated carbocycles. The first-order valence-electron chi connectivity index (χ1n) is 10.8. The van der Waals surface area contributed by atoms with Gasteiger partial charge in [-0.25, -0.2) is 4.79 Å². The van der Waals surface area contributed by atoms with Gasteiger partial charge in [-0.15, -0.1) is 0 Å². The molecule has 0 spiro atoms. The average Bonchev–Trinajstić information content (AvgIpc) is 2.75. The molecule has 0 fully saturated rings. The van der Waals surface area contributed by atoms with Gasteiger partial charge in [0.25, 0.3) is 5.56 Å². The van der Waals surface area contributed by atoms with E-state index >= 15 is 0 Å². The molecule has 1 aromatic heterocycles. The lowest BCUT2D eigenvalue weighted by molar-refractivity contribution is -0.858. The first-order valence-corrected chi connectivity index (χ1v) is 10.8. The zero-order chi connectivity index (χ0) is 22.4. The number of nitrogens with one attached hydrogen (secondary N) is 3. The summed E-state index contributed by atoms with van der Waals surface area (Å²) >= 11 is 0. The predicted octanol–water partition coefficient (Wildman–Crippen LogP) is 2.39. The molecular weight excluding hydrogens is 388 g/mol. The molecule has 0 aliphatic carbocycles. The highest BCUT2D eigenvalue weighted by atomic mass is 16.2. The Morgan fingerprint density at radius 2 is 1.84 bits per heavy atom. The van der Waals surface area contributed by atoms with Crippen LogP contribution in [-0.4, -0.2) is 43.1 Å². The largest absolute Gasteiger partial charge is 0.340 e. The van der Waals surface area contributed by atoms with Crippen LogP contribution in [0.15, 0.2) is 53.3 Å². The molecule has 3 aromatic rings. The van der Waals surface area contributed by atoms with Gasteiger partial charge in [0, 0.05) is 25.1 Å². The van der Waals surface area contributed by atoms with Crippen molar-refractivity contribution in [2.45, 2.75) is 33.4 Å². The summed E-state index contributed by atoms with van der Waals surface area (Å²) in [7, 11) is 4.19. The minimum absolute atomic E-state index is 0.139. The van der Waals surface area contributed by atoms with Crippen molar-refractivity contribution < 1.29 is 9.69 Å². The highest BCUT2D eigenvalue weighted by molar-refractivity contribution is 5.83. The van der Waals surface area contributed by atoms with Crippen LogP contribution < -0.4 is 15.8 Å². The van der Waals surface area contributed by atoms with Gasteiger partial charge < -0.3 is 20.1 Å². The molecule has 6 heteroatoms. The number of hydrogen-bond donors (Lipinski definition) is 3. The number of hydrogen-bond acceptors (Lipinski definition) is 2. The molecule has 0 radical (unpaired) electrons. The van der Waals surface area contributed by atoms with Gasteiger partial charge in [-0.3, -0.25) is 4.79 Å². The standard InChI is InChI=1S/C25H32N4O2/c1-18-11-12-21-15-22(24(30)27-23(21)19(18)2)17-29(14-8-13-28(3)4)25(31)26-16-20-9-6-5-7-10-20/h5-7,9-12,15H,8,13-14,16-17H2,1-4H3,(H,26,31)(H,27,30)/p+1. The van der Waals surface area contributed by atoms with Crippen molar-refractivity contribution in [3.05, 3.63) is 81.1 Å². The van der Waals surface area contributed by atoms with Crippen molar-refractivity contribution in [1.82, 2.24) is 15.2 Å². The number of H-pyrrole nitrogens is 1. The number of pyridine rings is 1. The summed E-state index contributed by atoms with van der Waals surface area (Å²) < 4.78 is 0. The maximum atomic E-state index is 13.0. The third kappa shape index (κ3) is 5.95. The zero-order valence-corrected chi connectivity index (χ0v) is 18.9. The number of fused-ring (bicyclic) bond motifs is 1. The third-order valence-corrected chi connectivity index (χ3v) is 5.67. The smallest absolute Gasteiger partial charge is 0.317 e. The van der Waals surface area contributed by atoms with E-state index in [4.69, 9.17) is 0 Å². The van der Waals surface area contributed by atoms with Gasteiger partial charge in [0.1, 0.15) is 0 Å². The van der Waals surface area contributed by atoms with Gasteiger partial charge in [-0.1, -0.05) is 42.5 Å². The quantitative estimate of drug-likeness (QED) is 0.523. The fraction of sp³-hybridized carbons (Fsp3) is 0.360. The van der Waals surface area contributed by atoms with Crippen molar-refractivity contribution in [2.24, 2.45) is 0 Å². The molecule has 6 nitrogen and oxygen atoms in total. The lowest BCUT2D eigenvalue weighted by Crippen LogP contribution is -3.05. The van der Waals surface area contributed by atoms with Crippen LogP contribution in [0, 0.1) is 13.8 Å². The van der Waals surface area contributed by atoms with Gasteiger partial charge in [0.05, 0.1) is 32.7 Å². The van der Waals surface area contributed by atoms with E-state index in [1.54, 1.807) is 4.90 Å². The van der Waals surface area contributed by atoms with Crippen LogP contribution in [0.4, 0.5) is 4.79 Å². The molecule has 0 saturated heterocycles. The summed E-state index contributed by atoms with van der Waals surface area (Å²) in [4.78, 5) is 31.9. The predicted molar refractivity (Wildman–Crippen MR) is 125 cm³/mol. The van der Waals surface area contributed by atoms with Gasteiger partial charge in [0.15, 0.2) is 0 Å². The molecule has 164 valence electrons. The van der Waals surface area contributed by atoms with Crippen molar-refractivity contribution >= 4 is 16.9 Å². The summed E-state index contributed by atoms with van der Waals surface area (Å²) in [5.74, 6) is 0. The summed E-state index contributed by atoms with van der Waals surface area (Å²) in [5, 5.41) is 3.98. The first kappa shape index (κ1) is 22.6. The van der Waals surface area contributed by atoms with Gasteiger partial charge in [0.2, 0.25) is 0 Å². The number of rotatable bonds is 8. The van der Waals surface area contributed by atoms with Crippen LogP contribution in [0.5, 0.6) is 0 Å². The molecule has 0 unspecified atom stereocenters. The van der Waals surface area contributed by atoms with E-state index in [-0.39, 0.29) is 18.1 Å². The Balaban J connectivity index is 1.80. The Morgan fingerprint density at radius 1 is 1.10 bits per heavy atom. The van der Waals surface area contributed by atoms with Crippen LogP contribution in [0.2, 0.25) is 0 Å². The highest BCUT2D eigenvalue weighted by Crippen LogP contribution is 2.19. The number of aryl methyl sites for hydroxylation is 2. The molecule has 0 bridgehead atoms. The van der Waals surface area contributed by atoms with E-state index in [1.807, 2.05) is 56.3 Å². The number of carbonyl (C=O) groups excluding carboxylic acids is 1. The van der Waals surface area contributed by atoms with E-state index in [0.29, 0.717) is 18.7 Å². The zero-order valence-electron chi connectivity index (χ0n) is 18.9. The number of nitrogens with zero attached hydrogens (tertiary/aromatic N) is 1. The second-order valence-electron chi connectivity index (χ2n) is 8.47. The SMILES string of the molecule is Cc1ccc2cc(CN(CCC[NH+](C)C)C(=O)NCc3ccccc3)c(=O)[nH]c2c1C. The van der Waals surface area contributed by atoms with Crippen LogP contribution in [0.25, 0.3) is 10.9 Å². The molecule has 1 heterocycles. The molecule has 31 heavy (non-hydrogen) atoms. The fourth-order valence-corrected chi connectivity index (χ4v) is 3.65. The van der Waals surface area contributed by atoms with Gasteiger partial charge in [-0.2, -0.15) is 0 Å². The minimum atomic E-state index is -0.155. The van der Waals surface area contributed by atoms with E-state index in [1.165, 1.54) is 4.90 Å². The minimum Gasteiger partial charge on any atom is -0.340 e. The molecule has 3 rings (SSSR count). The van der Waals surface area contributed by atoms with Crippen LogP contribution in [0.3, 0.4) is 0 Å². The third-order valence-electron chi connectivity index (χ3n) is 5.67. The van der Waals surface area contributed by atoms with Crippen molar-refractivity contribution in [3.8, 4) is 0 Å². The van der Waals surface area contributed by atoms with Crippen LogP contribution in [0.1, 0.15) is 28.7 Å². The topological polar surface area (TPSA) is 69.6 Å². The molecule has 2 aromatic carbocycles. The lowest BCUT2D eigenvalue weighted by Gasteiger charge is -2.23. The Labute approximate surface area is 183 Å². The van der Waals surface area contributed by atoms with Gasteiger partial charge >= 0.3 is 6.03 Å². The number of amides is 2. The van der Waals surface area contributed by atoms with Crippen LogP contribution >= 0.6 is 0 Å². The van der Waals surface area contributed by atoms with Crippen LogP contribution in [-0.2, 0) is 13.1 Å². The van der Waals surface area contributed by atoms with E-state index < -0.39 is 0 Å². The molecule has 3 N–H and O–H groups in total. The van der Waals surface area contributed by atoms with E-state index in [9.17, 15) is 9.59 Å². The maximum Gasteiger partial charge on any atom is 0.317 e. The summed E-state index contributed by atoms with van der Waals surface area (Å²) in [6.07, 6.45) is 0.866. The average molecular weight is 422 g/mol. The first-order chi connectivity index (χ1) is 14.8. The number of quaternary nitrogens is 1. The van der Waals surface area contributed by atoms with Crippen molar-refractivity contribution in [1.29, 1.82) is 0 Å². The summed E-state index contributed by atoms with van der Waals surface area (Å²) in [5.41, 5.74) is 4.59. The highest BCUT2D eigenvalue weighted by Gasteiger charge is 2.17. The lowest BCUT2D eigenvalue weighted by atomic mass is 10.0. The van der Waals surface area contributed by atoms with Gasteiger partial charge in [-0.05, 0) is 42.0 Å². The summed E-state index contributed by atoms with van der Waals surface area (Å²) in [6.45, 7) is 6.33. The normalized spacial score (nSPS) is 11.1. The number of urea groups is 1. The Hall–Kier alpha value is -3.12. The molecule has 2 amide bonds. The maximum absolute atomic E-state index is 13.0. The monoisotopic (exact) mass is 421 g/mol. The summed E-state index contributed by atoms with van der Waals surface area (Å²) in [6, 6.07) is 15.7. The van der Waals surface area contributed by atoms with Crippen molar-refractivity contribution in [2.75, 3.05) is 27.2 Å². The second kappa shape index (κ2) is 10.3. The van der Waals surface area contributed by atoms with E-state index in [2.05, 4.69) is 30.5 Å². The number of aromatic nitrogens is 1. The Bertz CT molecular complexity index is 1090. The number of benzene rings is 2. The molecule has 0 aliphatic heterocycles.